The van der Waals surface area contributed by atoms with Gasteiger partial charge in [-0.15, -0.1) is 5.10 Å². The minimum atomic E-state index is -0.775. The van der Waals surface area contributed by atoms with E-state index in [1.54, 1.807) is 37.3 Å². The van der Waals surface area contributed by atoms with Gasteiger partial charge in [0.15, 0.2) is 11.4 Å². The lowest BCUT2D eigenvalue weighted by atomic mass is 10.3. The minimum absolute atomic E-state index is 0.0297. The normalized spacial score (nSPS) is 10.4. The van der Waals surface area contributed by atoms with Crippen molar-refractivity contribution < 1.29 is 19.1 Å². The molecule has 0 fully saturated rings. The molecular weight excluding hydrogens is 354 g/mol. The molecule has 0 amide bonds. The number of para-hydroxylation sites is 1. The van der Waals surface area contributed by atoms with E-state index in [1.165, 1.54) is 13.3 Å². The molecule has 0 aliphatic rings. The second kappa shape index (κ2) is 7.60. The third-order valence-corrected chi connectivity index (χ3v) is 3.52. The van der Waals surface area contributed by atoms with Gasteiger partial charge >= 0.3 is 11.9 Å². The molecule has 0 aliphatic heterocycles. The molecule has 2 heterocycles. The summed E-state index contributed by atoms with van der Waals surface area (Å²) < 4.78 is 11.8. The summed E-state index contributed by atoms with van der Waals surface area (Å²) in [6, 6.07) is 9.76. The average molecular weight is 369 g/mol. The molecule has 3 rings (SSSR count). The highest BCUT2D eigenvalue weighted by atomic mass is 16.5. The summed E-state index contributed by atoms with van der Waals surface area (Å²) in [5, 5.41) is 11.6. The van der Waals surface area contributed by atoms with Crippen LogP contribution in [0.15, 0.2) is 47.4 Å². The Kier molecular flexibility index (Phi) is 5.06. The van der Waals surface area contributed by atoms with Gasteiger partial charge in [-0.05, 0) is 19.1 Å². The molecule has 0 saturated heterocycles. The van der Waals surface area contributed by atoms with Gasteiger partial charge in [-0.25, -0.2) is 14.3 Å². The Hall–Kier alpha value is -3.82. The molecule has 2 aromatic heterocycles. The molecule has 0 aliphatic carbocycles. The van der Waals surface area contributed by atoms with Crippen molar-refractivity contribution in [3.8, 4) is 11.4 Å². The number of benzene rings is 1. The maximum Gasteiger partial charge on any atom is 0.360 e. The topological polar surface area (TPSA) is 118 Å². The second-order valence-electron chi connectivity index (χ2n) is 5.22. The van der Waals surface area contributed by atoms with Crippen LogP contribution in [-0.4, -0.2) is 50.4 Å². The van der Waals surface area contributed by atoms with E-state index in [0.717, 1.165) is 15.4 Å². The summed E-state index contributed by atoms with van der Waals surface area (Å²) in [4.78, 5) is 36.5. The van der Waals surface area contributed by atoms with E-state index in [4.69, 9.17) is 9.47 Å². The molecule has 1 aromatic carbocycles. The zero-order chi connectivity index (χ0) is 19.4. The fourth-order valence-corrected chi connectivity index (χ4v) is 2.30. The Labute approximate surface area is 152 Å². The summed E-state index contributed by atoms with van der Waals surface area (Å²) in [6.07, 6.45) is 1.24. The van der Waals surface area contributed by atoms with Crippen molar-refractivity contribution in [2.75, 3.05) is 13.7 Å². The first-order valence-electron chi connectivity index (χ1n) is 7.93. The Morgan fingerprint density at radius 2 is 1.89 bits per heavy atom. The largest absolute Gasteiger partial charge is 0.464 e. The van der Waals surface area contributed by atoms with Crippen molar-refractivity contribution in [2.24, 2.45) is 0 Å². The van der Waals surface area contributed by atoms with Gasteiger partial charge in [0.25, 0.3) is 5.56 Å². The van der Waals surface area contributed by atoms with E-state index in [-0.39, 0.29) is 23.7 Å². The van der Waals surface area contributed by atoms with Crippen LogP contribution in [0.25, 0.3) is 11.4 Å². The lowest BCUT2D eigenvalue weighted by Crippen LogP contribution is -2.26. The zero-order valence-electron chi connectivity index (χ0n) is 14.5. The van der Waals surface area contributed by atoms with Gasteiger partial charge in [0.2, 0.25) is 0 Å². The SMILES string of the molecule is CCOC(=O)c1cn(-c2cc(=O)n(-c3ccccc3)nc2C(=O)OC)nn1. The van der Waals surface area contributed by atoms with Crippen LogP contribution in [0, 0.1) is 0 Å². The highest BCUT2D eigenvalue weighted by molar-refractivity contribution is 5.91. The standard InChI is InChI=1S/C17H15N5O5/c1-3-27-16(24)12-10-21(20-18-12)13-9-14(23)22(11-7-5-4-6-8-11)19-15(13)17(25)26-2/h4-10H,3H2,1-2H3. The molecular formula is C17H15N5O5. The van der Waals surface area contributed by atoms with Gasteiger partial charge in [-0.3, -0.25) is 4.79 Å². The first kappa shape index (κ1) is 18.0. The third-order valence-electron chi connectivity index (χ3n) is 3.52. The Morgan fingerprint density at radius 1 is 1.15 bits per heavy atom. The summed E-state index contributed by atoms with van der Waals surface area (Å²) in [6.45, 7) is 1.83. The molecule has 0 spiro atoms. The number of carbonyl (C=O) groups is 2. The van der Waals surface area contributed by atoms with Gasteiger partial charge in [0.05, 0.1) is 25.6 Å². The highest BCUT2D eigenvalue weighted by Crippen LogP contribution is 2.13. The van der Waals surface area contributed by atoms with Gasteiger partial charge in [-0.1, -0.05) is 23.4 Å². The number of hydrogen-bond donors (Lipinski definition) is 0. The van der Waals surface area contributed by atoms with Crippen LogP contribution < -0.4 is 5.56 Å². The highest BCUT2D eigenvalue weighted by Gasteiger charge is 2.21. The summed E-state index contributed by atoms with van der Waals surface area (Å²) >= 11 is 0. The van der Waals surface area contributed by atoms with Crippen molar-refractivity contribution in [3.63, 3.8) is 0 Å². The quantitative estimate of drug-likeness (QED) is 0.605. The van der Waals surface area contributed by atoms with Crippen LogP contribution in [0.2, 0.25) is 0 Å². The molecule has 10 nitrogen and oxygen atoms in total. The van der Waals surface area contributed by atoms with Crippen molar-refractivity contribution in [1.29, 1.82) is 0 Å². The summed E-state index contributed by atoms with van der Waals surface area (Å²) in [5.41, 5.74) is -0.231. The van der Waals surface area contributed by atoms with E-state index in [1.807, 2.05) is 0 Å². The molecule has 0 bridgehead atoms. The molecule has 27 heavy (non-hydrogen) atoms. The number of rotatable bonds is 5. The van der Waals surface area contributed by atoms with Crippen LogP contribution in [0.1, 0.15) is 27.9 Å². The first-order valence-corrected chi connectivity index (χ1v) is 7.93. The van der Waals surface area contributed by atoms with Gasteiger partial charge in [0.1, 0.15) is 5.69 Å². The molecule has 0 atom stereocenters. The van der Waals surface area contributed by atoms with E-state index in [0.29, 0.717) is 5.69 Å². The smallest absolute Gasteiger partial charge is 0.360 e. The van der Waals surface area contributed by atoms with E-state index >= 15 is 0 Å². The fraction of sp³-hybridized carbons (Fsp3) is 0.176. The van der Waals surface area contributed by atoms with Crippen LogP contribution >= 0.6 is 0 Å². The van der Waals surface area contributed by atoms with Crippen molar-refractivity contribution in [2.45, 2.75) is 6.92 Å². The predicted molar refractivity (Wildman–Crippen MR) is 92.0 cm³/mol. The monoisotopic (exact) mass is 369 g/mol. The third kappa shape index (κ3) is 3.59. The number of methoxy groups -OCH3 is 1. The van der Waals surface area contributed by atoms with Gasteiger partial charge < -0.3 is 9.47 Å². The van der Waals surface area contributed by atoms with Crippen molar-refractivity contribution in [1.82, 2.24) is 24.8 Å². The van der Waals surface area contributed by atoms with E-state index in [9.17, 15) is 14.4 Å². The molecule has 0 unspecified atom stereocenters. The first-order chi connectivity index (χ1) is 13.0. The predicted octanol–water partition coefficient (Wildman–Crippen LogP) is 0.776. The van der Waals surface area contributed by atoms with Crippen LogP contribution in [0.3, 0.4) is 0 Å². The lowest BCUT2D eigenvalue weighted by molar-refractivity contribution is 0.0518. The van der Waals surface area contributed by atoms with Gasteiger partial charge in [0, 0.05) is 6.07 Å². The van der Waals surface area contributed by atoms with Crippen LogP contribution in [0.4, 0.5) is 0 Å². The number of nitrogens with zero attached hydrogens (tertiary/aromatic N) is 5. The summed E-state index contributed by atoms with van der Waals surface area (Å²) in [5.74, 6) is -1.45. The van der Waals surface area contributed by atoms with Crippen LogP contribution in [-0.2, 0) is 9.47 Å². The van der Waals surface area contributed by atoms with E-state index in [2.05, 4.69) is 15.4 Å². The van der Waals surface area contributed by atoms with Crippen molar-refractivity contribution >= 4 is 11.9 Å². The lowest BCUT2D eigenvalue weighted by Gasteiger charge is -2.10. The molecule has 138 valence electrons. The van der Waals surface area contributed by atoms with Crippen molar-refractivity contribution in [3.05, 3.63) is 64.3 Å². The second-order valence-corrected chi connectivity index (χ2v) is 5.22. The number of carbonyl (C=O) groups excluding carboxylic acids is 2. The number of aromatic nitrogens is 5. The molecule has 0 N–H and O–H groups in total. The molecule has 0 radical (unpaired) electrons. The molecule has 10 heteroatoms. The fourth-order valence-electron chi connectivity index (χ4n) is 2.30. The summed E-state index contributed by atoms with van der Waals surface area (Å²) in [7, 11) is 1.19. The zero-order valence-corrected chi connectivity index (χ0v) is 14.5. The Balaban J connectivity index is 2.13. The maximum atomic E-state index is 12.5. The number of hydrogen-bond acceptors (Lipinski definition) is 8. The van der Waals surface area contributed by atoms with Crippen LogP contribution in [0.5, 0.6) is 0 Å². The molecule has 0 saturated carbocycles. The Bertz CT molecular complexity index is 1040. The number of ether oxygens (including phenoxy) is 2. The maximum absolute atomic E-state index is 12.5. The Morgan fingerprint density at radius 3 is 2.56 bits per heavy atom. The minimum Gasteiger partial charge on any atom is -0.464 e. The van der Waals surface area contributed by atoms with Gasteiger partial charge in [-0.2, -0.15) is 9.78 Å². The van der Waals surface area contributed by atoms with E-state index < -0.39 is 17.5 Å². The molecule has 3 aromatic rings. The average Bonchev–Trinajstić information content (AvgIpc) is 3.18. The number of esters is 2.